The van der Waals surface area contributed by atoms with Crippen molar-refractivity contribution in [1.29, 1.82) is 0 Å². The first-order valence-corrected chi connectivity index (χ1v) is 7.79. The molecule has 4 nitrogen and oxygen atoms in total. The van der Waals surface area contributed by atoms with E-state index in [9.17, 15) is 9.90 Å². The van der Waals surface area contributed by atoms with Crippen LogP contribution in [0.4, 0.5) is 0 Å². The second-order valence-corrected chi connectivity index (χ2v) is 5.75. The molecule has 2 aromatic carbocycles. The number of hydrogen-bond donors (Lipinski definition) is 1. The van der Waals surface area contributed by atoms with Crippen molar-refractivity contribution in [2.24, 2.45) is 0 Å². The number of benzene rings is 2. The van der Waals surface area contributed by atoms with Gasteiger partial charge in [0.2, 0.25) is 0 Å². The number of fused-ring (bicyclic) bond motifs is 1. The first kappa shape index (κ1) is 15.6. The summed E-state index contributed by atoms with van der Waals surface area (Å²) in [5.41, 5.74) is 2.72. The van der Waals surface area contributed by atoms with Gasteiger partial charge in [-0.1, -0.05) is 30.3 Å². The number of para-hydroxylation sites is 1. The lowest BCUT2D eigenvalue weighted by atomic mass is 10.1. The van der Waals surface area contributed by atoms with E-state index in [1.807, 2.05) is 49.4 Å². The summed E-state index contributed by atoms with van der Waals surface area (Å²) >= 11 is 0. The molecule has 0 aromatic heterocycles. The maximum absolute atomic E-state index is 11.7. The zero-order valence-electron chi connectivity index (χ0n) is 13.1. The van der Waals surface area contributed by atoms with Gasteiger partial charge in [0.25, 0.3) is 0 Å². The van der Waals surface area contributed by atoms with Gasteiger partial charge in [-0.3, -0.25) is 4.79 Å². The molecule has 0 spiro atoms. The Bertz CT molecular complexity index is 708. The lowest BCUT2D eigenvalue weighted by Crippen LogP contribution is -2.25. The van der Waals surface area contributed by atoms with E-state index in [0.717, 1.165) is 22.4 Å². The van der Waals surface area contributed by atoms with Crippen molar-refractivity contribution in [3.63, 3.8) is 0 Å². The maximum atomic E-state index is 11.7. The first-order valence-electron chi connectivity index (χ1n) is 7.79. The molecule has 1 N–H and O–H groups in total. The van der Waals surface area contributed by atoms with Crippen LogP contribution in [0.2, 0.25) is 0 Å². The molecule has 1 atom stereocenters. The van der Waals surface area contributed by atoms with Crippen LogP contribution in [-0.2, 0) is 6.42 Å². The van der Waals surface area contributed by atoms with Crippen LogP contribution in [0.1, 0.15) is 27.9 Å². The molecule has 0 saturated heterocycles. The summed E-state index contributed by atoms with van der Waals surface area (Å²) in [6.07, 6.45) is 0.511. The van der Waals surface area contributed by atoms with Gasteiger partial charge in [0.05, 0.1) is 0 Å². The van der Waals surface area contributed by atoms with Gasteiger partial charge in [-0.25, -0.2) is 0 Å². The van der Waals surface area contributed by atoms with Crippen molar-refractivity contribution >= 4 is 5.78 Å². The number of carbonyl (C=O) groups excluding carboxylic acids is 1. The van der Waals surface area contributed by atoms with Crippen LogP contribution in [0, 0.1) is 6.92 Å². The highest BCUT2D eigenvalue weighted by atomic mass is 16.5. The molecule has 0 fully saturated rings. The van der Waals surface area contributed by atoms with Crippen LogP contribution >= 0.6 is 0 Å². The highest BCUT2D eigenvalue weighted by molar-refractivity contribution is 6.01. The zero-order valence-corrected chi connectivity index (χ0v) is 13.1. The highest BCUT2D eigenvalue weighted by Crippen LogP contribution is 2.30. The fraction of sp³-hybridized carbons (Fsp3) is 0.316. The van der Waals surface area contributed by atoms with E-state index >= 15 is 0 Å². The Morgan fingerprint density at radius 3 is 2.48 bits per heavy atom. The number of ketones is 1. The molecule has 4 heteroatoms. The van der Waals surface area contributed by atoms with Crippen LogP contribution in [0.15, 0.2) is 42.5 Å². The third-order valence-corrected chi connectivity index (χ3v) is 3.99. The summed E-state index contributed by atoms with van der Waals surface area (Å²) in [6.45, 7) is 2.26. The molecular formula is C19H20O4. The molecular weight excluding hydrogens is 292 g/mol. The summed E-state index contributed by atoms with van der Waals surface area (Å²) in [4.78, 5) is 11.7. The predicted octanol–water partition coefficient (Wildman–Crippen LogP) is 2.94. The maximum Gasteiger partial charge on any atom is 0.163 e. The minimum atomic E-state index is -0.734. The Morgan fingerprint density at radius 1 is 1.00 bits per heavy atom. The van der Waals surface area contributed by atoms with Gasteiger partial charge in [0.15, 0.2) is 5.78 Å². The Morgan fingerprint density at radius 2 is 1.70 bits per heavy atom. The quantitative estimate of drug-likeness (QED) is 0.891. The van der Waals surface area contributed by atoms with Crippen LogP contribution in [0.3, 0.4) is 0 Å². The van der Waals surface area contributed by atoms with Crippen LogP contribution in [-0.4, -0.2) is 30.2 Å². The summed E-state index contributed by atoms with van der Waals surface area (Å²) in [5.74, 6) is 1.61. The largest absolute Gasteiger partial charge is 0.490 e. The van der Waals surface area contributed by atoms with Gasteiger partial charge in [0.1, 0.15) is 30.8 Å². The summed E-state index contributed by atoms with van der Waals surface area (Å²) in [7, 11) is 0. The average Bonchev–Trinajstić information content (AvgIpc) is 2.94. The summed E-state index contributed by atoms with van der Waals surface area (Å²) < 4.78 is 11.3. The second-order valence-electron chi connectivity index (χ2n) is 5.75. The number of carbonyl (C=O) groups is 1. The average molecular weight is 312 g/mol. The zero-order chi connectivity index (χ0) is 16.2. The number of rotatable bonds is 6. The molecule has 120 valence electrons. The molecule has 3 rings (SSSR count). The normalized spacial score (nSPS) is 14.4. The topological polar surface area (TPSA) is 55.8 Å². The number of Topliss-reactive ketones (excluding diaryl/α,β-unsaturated/α-hetero) is 1. The van der Waals surface area contributed by atoms with E-state index in [-0.39, 0.29) is 19.0 Å². The number of hydrogen-bond acceptors (Lipinski definition) is 4. The van der Waals surface area contributed by atoms with Crippen molar-refractivity contribution in [3.8, 4) is 11.5 Å². The Balaban J connectivity index is 1.55. The minimum Gasteiger partial charge on any atom is -0.490 e. The fourth-order valence-corrected chi connectivity index (χ4v) is 2.73. The standard InChI is InChI=1S/C19H20O4/c1-13-5-2-3-7-18(13)22-11-14(20)12-23-19-8-4-6-15-16(19)9-10-17(15)21/h2-8,14,20H,9-12H2,1H3. The van der Waals surface area contributed by atoms with E-state index in [1.165, 1.54) is 0 Å². The minimum absolute atomic E-state index is 0.135. The molecule has 2 aromatic rings. The lowest BCUT2D eigenvalue weighted by molar-refractivity contribution is 0.0621. The predicted molar refractivity (Wildman–Crippen MR) is 87.3 cm³/mol. The van der Waals surface area contributed by atoms with Gasteiger partial charge >= 0.3 is 0 Å². The van der Waals surface area contributed by atoms with E-state index in [2.05, 4.69) is 0 Å². The fourth-order valence-electron chi connectivity index (χ4n) is 2.73. The molecule has 23 heavy (non-hydrogen) atoms. The van der Waals surface area contributed by atoms with Crippen molar-refractivity contribution in [2.75, 3.05) is 13.2 Å². The van der Waals surface area contributed by atoms with E-state index in [1.54, 1.807) is 0 Å². The van der Waals surface area contributed by atoms with Gasteiger partial charge in [-0.05, 0) is 31.0 Å². The van der Waals surface area contributed by atoms with Crippen molar-refractivity contribution < 1.29 is 19.4 Å². The Hall–Kier alpha value is -2.33. The van der Waals surface area contributed by atoms with E-state index < -0.39 is 6.10 Å². The van der Waals surface area contributed by atoms with Gasteiger partial charge < -0.3 is 14.6 Å². The number of aliphatic hydroxyl groups is 1. The molecule has 0 heterocycles. The molecule has 0 bridgehead atoms. The Kier molecular flexibility index (Phi) is 4.63. The van der Waals surface area contributed by atoms with Gasteiger partial charge in [0, 0.05) is 17.5 Å². The SMILES string of the molecule is Cc1ccccc1OCC(O)COc1cccc2c1CCC2=O. The van der Waals surface area contributed by atoms with Crippen LogP contribution in [0.5, 0.6) is 11.5 Å². The van der Waals surface area contributed by atoms with Crippen LogP contribution in [0.25, 0.3) is 0 Å². The van der Waals surface area contributed by atoms with Crippen molar-refractivity contribution in [2.45, 2.75) is 25.9 Å². The molecule has 0 amide bonds. The number of ether oxygens (including phenoxy) is 2. The molecule has 1 unspecified atom stereocenters. The second kappa shape index (κ2) is 6.84. The van der Waals surface area contributed by atoms with E-state index in [0.29, 0.717) is 18.6 Å². The molecule has 1 aliphatic carbocycles. The molecule has 0 saturated carbocycles. The van der Waals surface area contributed by atoms with Crippen molar-refractivity contribution in [3.05, 3.63) is 59.2 Å². The third kappa shape index (κ3) is 3.54. The number of aliphatic hydroxyl groups excluding tert-OH is 1. The third-order valence-electron chi connectivity index (χ3n) is 3.99. The summed E-state index contributed by atoms with van der Waals surface area (Å²) in [6, 6.07) is 13.2. The highest BCUT2D eigenvalue weighted by Gasteiger charge is 2.22. The van der Waals surface area contributed by atoms with Crippen LogP contribution < -0.4 is 9.47 Å². The van der Waals surface area contributed by atoms with Gasteiger partial charge in [-0.2, -0.15) is 0 Å². The number of aryl methyl sites for hydroxylation is 1. The lowest BCUT2D eigenvalue weighted by Gasteiger charge is -2.16. The molecule has 0 radical (unpaired) electrons. The monoisotopic (exact) mass is 312 g/mol. The van der Waals surface area contributed by atoms with Gasteiger partial charge in [-0.15, -0.1) is 0 Å². The smallest absolute Gasteiger partial charge is 0.163 e. The van der Waals surface area contributed by atoms with E-state index in [4.69, 9.17) is 9.47 Å². The molecule has 1 aliphatic rings. The first-order chi connectivity index (χ1) is 11.1. The Labute approximate surface area is 135 Å². The van der Waals surface area contributed by atoms with Crippen molar-refractivity contribution in [1.82, 2.24) is 0 Å². The molecule has 0 aliphatic heterocycles. The summed E-state index contributed by atoms with van der Waals surface area (Å²) in [5, 5.41) is 10.0.